The summed E-state index contributed by atoms with van der Waals surface area (Å²) in [4.78, 5) is 9.25. The molecule has 0 unspecified atom stereocenters. The number of rotatable bonds is 6. The van der Waals surface area contributed by atoms with Crippen LogP contribution >= 0.6 is 0 Å². The number of oxime groups is 2. The molecule has 0 aliphatic heterocycles. The zero-order chi connectivity index (χ0) is 23.3. The third kappa shape index (κ3) is 5.00. The molecule has 3 aromatic rings. The maximum Gasteiger partial charge on any atom is 0.417 e. The molecule has 4 N–H and O–H groups in total. The minimum absolute atomic E-state index is 0.0585. The lowest BCUT2D eigenvalue weighted by Crippen LogP contribution is -2.13. The Balaban J connectivity index is 2.00. The molecule has 0 heterocycles. The van der Waals surface area contributed by atoms with Gasteiger partial charge in [-0.25, -0.2) is 0 Å². The Bertz CT molecular complexity index is 1140. The van der Waals surface area contributed by atoms with E-state index in [0.29, 0.717) is 27.8 Å². The summed E-state index contributed by atoms with van der Waals surface area (Å²) < 4.78 is 41.7. The van der Waals surface area contributed by atoms with E-state index in [-0.39, 0.29) is 17.2 Å². The molecule has 0 saturated heterocycles. The fraction of sp³-hybridized carbons (Fsp3) is 0.130. The first-order valence-electron chi connectivity index (χ1n) is 9.40. The Morgan fingerprint density at radius 1 is 0.688 bits per heavy atom. The highest BCUT2D eigenvalue weighted by molar-refractivity contribution is 5.98. The number of hydrogen-bond acceptors (Lipinski definition) is 4. The van der Waals surface area contributed by atoms with E-state index in [0.717, 1.165) is 6.07 Å². The summed E-state index contributed by atoms with van der Waals surface area (Å²) in [6, 6.07) is 17.2. The Hall–Kier alpha value is -4.01. The Morgan fingerprint density at radius 3 is 1.56 bits per heavy atom. The van der Waals surface area contributed by atoms with Gasteiger partial charge in [0.2, 0.25) is 0 Å². The van der Waals surface area contributed by atoms with E-state index in [2.05, 4.69) is 20.0 Å². The average molecular weight is 442 g/mol. The van der Waals surface area contributed by atoms with Crippen LogP contribution in [-0.4, -0.2) is 25.9 Å². The largest absolute Gasteiger partial charge is 0.417 e. The van der Waals surface area contributed by atoms with Gasteiger partial charge in [-0.2, -0.15) is 13.2 Å². The molecule has 0 saturated carbocycles. The van der Waals surface area contributed by atoms with Crippen LogP contribution in [0.25, 0.3) is 22.3 Å². The Morgan fingerprint density at radius 2 is 1.12 bits per heavy atom. The summed E-state index contributed by atoms with van der Waals surface area (Å²) in [5.74, 6) is 0.301. The number of amidine groups is 2. The van der Waals surface area contributed by atoms with Crippen molar-refractivity contribution in [2.45, 2.75) is 6.18 Å². The first kappa shape index (κ1) is 22.7. The van der Waals surface area contributed by atoms with E-state index in [1.54, 1.807) is 54.6 Å². The average Bonchev–Trinajstić information content (AvgIpc) is 2.79. The maximum absolute atomic E-state index is 13.9. The lowest BCUT2D eigenvalue weighted by atomic mass is 9.93. The fourth-order valence-electron chi connectivity index (χ4n) is 3.17. The molecule has 0 aliphatic rings. The summed E-state index contributed by atoms with van der Waals surface area (Å²) in [5, 5.41) is 7.26. The molecule has 166 valence electrons. The van der Waals surface area contributed by atoms with E-state index in [4.69, 9.17) is 11.5 Å². The zero-order valence-electron chi connectivity index (χ0n) is 17.4. The molecule has 0 fully saturated rings. The molecule has 6 nitrogen and oxygen atoms in total. The quantitative estimate of drug-likeness (QED) is 0.332. The van der Waals surface area contributed by atoms with Gasteiger partial charge in [-0.1, -0.05) is 71.0 Å². The van der Waals surface area contributed by atoms with Crippen molar-refractivity contribution in [1.29, 1.82) is 0 Å². The van der Waals surface area contributed by atoms with Gasteiger partial charge < -0.3 is 21.1 Å². The molecular formula is C23H21F3N4O2. The van der Waals surface area contributed by atoms with E-state index in [1.165, 1.54) is 20.3 Å². The van der Waals surface area contributed by atoms with E-state index in [1.807, 2.05) is 0 Å². The minimum atomic E-state index is -4.55. The van der Waals surface area contributed by atoms with Crippen molar-refractivity contribution < 1.29 is 22.8 Å². The van der Waals surface area contributed by atoms with Gasteiger partial charge in [0.15, 0.2) is 11.7 Å². The number of hydrogen-bond donors (Lipinski definition) is 2. The third-order valence-electron chi connectivity index (χ3n) is 4.71. The summed E-state index contributed by atoms with van der Waals surface area (Å²) >= 11 is 0. The molecule has 0 spiro atoms. The molecule has 3 aromatic carbocycles. The maximum atomic E-state index is 13.9. The highest BCUT2D eigenvalue weighted by Gasteiger charge is 2.34. The monoisotopic (exact) mass is 442 g/mol. The van der Waals surface area contributed by atoms with Gasteiger partial charge in [0.25, 0.3) is 0 Å². The van der Waals surface area contributed by atoms with E-state index in [9.17, 15) is 13.2 Å². The summed E-state index contributed by atoms with van der Waals surface area (Å²) in [7, 11) is 2.73. The lowest BCUT2D eigenvalue weighted by Gasteiger charge is -2.15. The number of nitrogens with zero attached hydrogens (tertiary/aromatic N) is 2. The van der Waals surface area contributed by atoms with Crippen molar-refractivity contribution in [3.63, 3.8) is 0 Å². The number of alkyl halides is 3. The van der Waals surface area contributed by atoms with Crippen LogP contribution < -0.4 is 11.5 Å². The second-order valence-electron chi connectivity index (χ2n) is 6.73. The van der Waals surface area contributed by atoms with Gasteiger partial charge in [-0.15, -0.1) is 0 Å². The molecule has 3 rings (SSSR count). The van der Waals surface area contributed by atoms with Crippen molar-refractivity contribution in [3.05, 3.63) is 83.4 Å². The Kier molecular flexibility index (Phi) is 6.67. The molecule has 32 heavy (non-hydrogen) atoms. The van der Waals surface area contributed by atoms with Crippen LogP contribution in [0.1, 0.15) is 16.7 Å². The number of nitrogens with two attached hydrogens (primary N) is 2. The van der Waals surface area contributed by atoms with E-state index >= 15 is 0 Å². The highest BCUT2D eigenvalue weighted by atomic mass is 19.4. The molecule has 9 heteroatoms. The molecular weight excluding hydrogens is 421 g/mol. The van der Waals surface area contributed by atoms with Gasteiger partial charge in [-0.05, 0) is 28.3 Å². The molecule has 0 bridgehead atoms. The number of halogens is 3. The van der Waals surface area contributed by atoms with Gasteiger partial charge in [-0.3, -0.25) is 0 Å². The smallest absolute Gasteiger partial charge is 0.397 e. The number of benzene rings is 3. The summed E-state index contributed by atoms with van der Waals surface area (Å²) in [6.45, 7) is 0. The summed E-state index contributed by atoms with van der Waals surface area (Å²) in [6.07, 6.45) is -4.55. The predicted molar refractivity (Wildman–Crippen MR) is 118 cm³/mol. The van der Waals surface area contributed by atoms with E-state index < -0.39 is 11.7 Å². The topological polar surface area (TPSA) is 95.2 Å². The lowest BCUT2D eigenvalue weighted by molar-refractivity contribution is -0.137. The SMILES string of the molecule is CON=C(N)c1ccc(-c2ccc(-c3ccc(C(N)=NOC)cc3)c(C(F)(F)F)c2)cc1. The van der Waals surface area contributed by atoms with Gasteiger partial charge in [0.05, 0.1) is 5.56 Å². The van der Waals surface area contributed by atoms with Crippen LogP contribution in [0.15, 0.2) is 77.0 Å². The first-order chi connectivity index (χ1) is 15.2. The summed E-state index contributed by atoms with van der Waals surface area (Å²) in [5.41, 5.74) is 13.4. The first-order valence-corrected chi connectivity index (χ1v) is 9.40. The normalized spacial score (nSPS) is 12.5. The van der Waals surface area contributed by atoms with Crippen LogP contribution in [-0.2, 0) is 15.9 Å². The molecule has 0 radical (unpaired) electrons. The minimum Gasteiger partial charge on any atom is -0.397 e. The van der Waals surface area contributed by atoms with Crippen molar-refractivity contribution in [2.75, 3.05) is 14.2 Å². The van der Waals surface area contributed by atoms with Gasteiger partial charge in [0, 0.05) is 11.1 Å². The van der Waals surface area contributed by atoms with Gasteiger partial charge >= 0.3 is 6.18 Å². The van der Waals surface area contributed by atoms with Crippen molar-refractivity contribution in [3.8, 4) is 22.3 Å². The zero-order valence-corrected chi connectivity index (χ0v) is 17.4. The van der Waals surface area contributed by atoms with Crippen LogP contribution in [0.3, 0.4) is 0 Å². The van der Waals surface area contributed by atoms with Crippen molar-refractivity contribution in [1.82, 2.24) is 0 Å². The van der Waals surface area contributed by atoms with Crippen LogP contribution in [0.4, 0.5) is 13.2 Å². The third-order valence-corrected chi connectivity index (χ3v) is 4.71. The molecule has 0 atom stereocenters. The van der Waals surface area contributed by atoms with Crippen LogP contribution in [0.2, 0.25) is 0 Å². The highest BCUT2D eigenvalue weighted by Crippen LogP contribution is 2.39. The molecule has 0 aromatic heterocycles. The van der Waals surface area contributed by atoms with Gasteiger partial charge in [0.1, 0.15) is 14.2 Å². The Labute approximate surface area is 182 Å². The van der Waals surface area contributed by atoms with Crippen molar-refractivity contribution in [2.24, 2.45) is 21.8 Å². The van der Waals surface area contributed by atoms with Crippen LogP contribution in [0, 0.1) is 0 Å². The molecule has 0 aliphatic carbocycles. The van der Waals surface area contributed by atoms with Crippen molar-refractivity contribution >= 4 is 11.7 Å². The predicted octanol–water partition coefficient (Wildman–Crippen LogP) is 4.57. The standard InChI is InChI=1S/C23H21F3N4O2/c1-31-29-21(27)16-7-3-14(4-8-16)18-11-12-19(20(13-18)23(24,25)26)15-5-9-17(10-6-15)22(28)30-32-2/h3-13H,1-2H3,(H2,27,29)(H2,28,30). The van der Waals surface area contributed by atoms with Crippen LogP contribution in [0.5, 0.6) is 0 Å². The second-order valence-corrected chi connectivity index (χ2v) is 6.73. The second kappa shape index (κ2) is 9.42. The fourth-order valence-corrected chi connectivity index (χ4v) is 3.17. The molecule has 0 amide bonds.